The molecule has 0 saturated heterocycles. The highest BCUT2D eigenvalue weighted by Gasteiger charge is 2.14. The first-order valence-electron chi connectivity index (χ1n) is 8.90. The summed E-state index contributed by atoms with van der Waals surface area (Å²) in [5, 5.41) is 3.51. The van der Waals surface area contributed by atoms with Crippen molar-refractivity contribution in [3.63, 3.8) is 0 Å². The Morgan fingerprint density at radius 1 is 1.12 bits per heavy atom. The minimum Gasteiger partial charge on any atom is -0.493 e. The van der Waals surface area contributed by atoms with Crippen LogP contribution in [0.5, 0.6) is 11.5 Å². The molecule has 0 amide bonds. The van der Waals surface area contributed by atoms with Crippen molar-refractivity contribution >= 4 is 15.9 Å². The summed E-state index contributed by atoms with van der Waals surface area (Å²) in [5.74, 6) is 1.57. The van der Waals surface area contributed by atoms with E-state index in [1.165, 1.54) is 24.8 Å². The lowest BCUT2D eigenvalue weighted by atomic mass is 10.1. The summed E-state index contributed by atoms with van der Waals surface area (Å²) >= 11 is 3.66. The van der Waals surface area contributed by atoms with Gasteiger partial charge in [0.1, 0.15) is 6.61 Å². The van der Waals surface area contributed by atoms with Crippen LogP contribution in [-0.2, 0) is 13.2 Å². The van der Waals surface area contributed by atoms with Gasteiger partial charge in [-0.3, -0.25) is 0 Å². The number of rotatable bonds is 10. The molecule has 136 valence electrons. The molecule has 1 N–H and O–H groups in total. The van der Waals surface area contributed by atoms with Gasteiger partial charge in [0.2, 0.25) is 0 Å². The predicted molar refractivity (Wildman–Crippen MR) is 107 cm³/mol. The zero-order chi connectivity index (χ0) is 18.1. The zero-order valence-corrected chi connectivity index (χ0v) is 17.0. The Labute approximate surface area is 159 Å². The maximum absolute atomic E-state index is 6.16. The molecule has 0 aliphatic heterocycles. The van der Waals surface area contributed by atoms with Gasteiger partial charge in [0.25, 0.3) is 0 Å². The first kappa shape index (κ1) is 19.8. The Kier molecular flexibility index (Phi) is 8.29. The highest BCUT2D eigenvalue weighted by molar-refractivity contribution is 9.10. The van der Waals surface area contributed by atoms with Crippen molar-refractivity contribution in [3.05, 3.63) is 57.6 Å². The van der Waals surface area contributed by atoms with Gasteiger partial charge in [0, 0.05) is 16.6 Å². The molecule has 0 atom stereocenters. The monoisotopic (exact) mass is 405 g/mol. The van der Waals surface area contributed by atoms with Crippen molar-refractivity contribution < 1.29 is 9.47 Å². The van der Waals surface area contributed by atoms with E-state index in [1.807, 2.05) is 12.1 Å². The molecule has 2 rings (SSSR count). The van der Waals surface area contributed by atoms with Crippen molar-refractivity contribution in [2.24, 2.45) is 0 Å². The van der Waals surface area contributed by atoms with E-state index in [1.54, 1.807) is 7.11 Å². The van der Waals surface area contributed by atoms with Crippen molar-refractivity contribution in [2.75, 3.05) is 13.7 Å². The molecule has 0 aliphatic rings. The highest BCUT2D eigenvalue weighted by atomic mass is 79.9. The fraction of sp³-hybridized carbons (Fsp3) is 0.429. The van der Waals surface area contributed by atoms with Crippen LogP contribution in [0, 0.1) is 6.92 Å². The lowest BCUT2D eigenvalue weighted by Crippen LogP contribution is -2.16. The SMILES string of the molecule is CCCCCNCc1c(Br)ccc(OC)c1OCc1cccc(C)c1. The molecule has 0 spiro atoms. The second-order valence-corrected chi connectivity index (χ2v) is 7.07. The van der Waals surface area contributed by atoms with Crippen LogP contribution in [0.4, 0.5) is 0 Å². The number of halogens is 1. The van der Waals surface area contributed by atoms with Gasteiger partial charge in [0.15, 0.2) is 11.5 Å². The van der Waals surface area contributed by atoms with Crippen LogP contribution < -0.4 is 14.8 Å². The van der Waals surface area contributed by atoms with Crippen LogP contribution in [0.25, 0.3) is 0 Å². The van der Waals surface area contributed by atoms with E-state index in [0.29, 0.717) is 6.61 Å². The second kappa shape index (κ2) is 10.5. The first-order valence-corrected chi connectivity index (χ1v) is 9.69. The number of nitrogens with one attached hydrogen (secondary N) is 1. The normalized spacial score (nSPS) is 10.7. The molecule has 0 bridgehead atoms. The summed E-state index contributed by atoms with van der Waals surface area (Å²) < 4.78 is 12.7. The summed E-state index contributed by atoms with van der Waals surface area (Å²) in [5.41, 5.74) is 3.49. The molecule has 2 aromatic rings. The Morgan fingerprint density at radius 3 is 2.68 bits per heavy atom. The van der Waals surface area contributed by atoms with Crippen molar-refractivity contribution in [2.45, 2.75) is 46.3 Å². The van der Waals surface area contributed by atoms with Gasteiger partial charge in [-0.2, -0.15) is 0 Å². The van der Waals surface area contributed by atoms with Gasteiger partial charge in [-0.25, -0.2) is 0 Å². The fourth-order valence-electron chi connectivity index (χ4n) is 2.74. The maximum Gasteiger partial charge on any atom is 0.167 e. The molecule has 0 aliphatic carbocycles. The van der Waals surface area contributed by atoms with Crippen molar-refractivity contribution in [1.29, 1.82) is 0 Å². The predicted octanol–water partition coefficient (Wildman–Crippen LogP) is 5.62. The molecule has 4 heteroatoms. The van der Waals surface area contributed by atoms with Crippen LogP contribution in [0.3, 0.4) is 0 Å². The van der Waals surface area contributed by atoms with Crippen molar-refractivity contribution in [3.8, 4) is 11.5 Å². The molecule has 0 aromatic heterocycles. The lowest BCUT2D eigenvalue weighted by molar-refractivity contribution is 0.280. The van der Waals surface area contributed by atoms with E-state index in [9.17, 15) is 0 Å². The molecular weight excluding hydrogens is 378 g/mol. The largest absolute Gasteiger partial charge is 0.493 e. The van der Waals surface area contributed by atoms with Crippen LogP contribution in [0.15, 0.2) is 40.9 Å². The highest BCUT2D eigenvalue weighted by Crippen LogP contribution is 2.36. The minimum absolute atomic E-state index is 0.525. The molecule has 2 aromatic carbocycles. The van der Waals surface area contributed by atoms with Crippen molar-refractivity contribution in [1.82, 2.24) is 5.32 Å². The van der Waals surface area contributed by atoms with E-state index in [-0.39, 0.29) is 0 Å². The van der Waals surface area contributed by atoms with Crippen LogP contribution in [0.1, 0.15) is 42.9 Å². The molecule has 0 saturated carbocycles. The molecule has 0 heterocycles. The maximum atomic E-state index is 6.16. The minimum atomic E-state index is 0.525. The number of ether oxygens (including phenoxy) is 2. The average Bonchev–Trinajstić information content (AvgIpc) is 2.61. The Morgan fingerprint density at radius 2 is 1.96 bits per heavy atom. The number of hydrogen-bond donors (Lipinski definition) is 1. The van der Waals surface area contributed by atoms with Gasteiger partial charge in [-0.15, -0.1) is 0 Å². The topological polar surface area (TPSA) is 30.5 Å². The standard InChI is InChI=1S/C21H28BrNO2/c1-4-5-6-12-23-14-18-19(22)10-11-20(24-3)21(18)25-15-17-9-7-8-16(2)13-17/h7-11,13,23H,4-6,12,14-15H2,1-3H3. The number of hydrogen-bond acceptors (Lipinski definition) is 3. The van der Waals surface area contributed by atoms with E-state index in [0.717, 1.165) is 40.2 Å². The summed E-state index contributed by atoms with van der Waals surface area (Å²) in [6.45, 7) is 6.60. The van der Waals surface area contributed by atoms with Crippen LogP contribution in [-0.4, -0.2) is 13.7 Å². The first-order chi connectivity index (χ1) is 12.2. The summed E-state index contributed by atoms with van der Waals surface area (Å²) in [7, 11) is 1.68. The summed E-state index contributed by atoms with van der Waals surface area (Å²) in [6.07, 6.45) is 3.68. The van der Waals surface area contributed by atoms with Crippen LogP contribution in [0.2, 0.25) is 0 Å². The van der Waals surface area contributed by atoms with E-state index < -0.39 is 0 Å². The smallest absolute Gasteiger partial charge is 0.167 e. The quantitative estimate of drug-likeness (QED) is 0.519. The summed E-state index contributed by atoms with van der Waals surface area (Å²) in [4.78, 5) is 0. The third kappa shape index (κ3) is 6.05. The molecule has 3 nitrogen and oxygen atoms in total. The third-order valence-electron chi connectivity index (χ3n) is 4.11. The van der Waals surface area contributed by atoms with Gasteiger partial charge < -0.3 is 14.8 Å². The number of methoxy groups -OCH3 is 1. The molecular formula is C21H28BrNO2. The Bertz CT molecular complexity index is 673. The van der Waals surface area contributed by atoms with Crippen LogP contribution >= 0.6 is 15.9 Å². The number of benzene rings is 2. The molecule has 0 unspecified atom stereocenters. The lowest BCUT2D eigenvalue weighted by Gasteiger charge is -2.17. The summed E-state index contributed by atoms with van der Waals surface area (Å²) in [6, 6.07) is 12.3. The van der Waals surface area contributed by atoms with Gasteiger partial charge in [-0.1, -0.05) is 65.5 Å². The van der Waals surface area contributed by atoms with Gasteiger partial charge >= 0.3 is 0 Å². The zero-order valence-electron chi connectivity index (χ0n) is 15.4. The number of aryl methyl sites for hydroxylation is 1. The average molecular weight is 406 g/mol. The van der Waals surface area contributed by atoms with Gasteiger partial charge in [-0.05, 0) is 37.6 Å². The van der Waals surface area contributed by atoms with E-state index >= 15 is 0 Å². The van der Waals surface area contributed by atoms with Gasteiger partial charge in [0.05, 0.1) is 7.11 Å². The Balaban J connectivity index is 2.11. The molecule has 25 heavy (non-hydrogen) atoms. The second-order valence-electron chi connectivity index (χ2n) is 6.22. The fourth-order valence-corrected chi connectivity index (χ4v) is 3.19. The Hall–Kier alpha value is -1.52. The molecule has 0 fully saturated rings. The third-order valence-corrected chi connectivity index (χ3v) is 4.85. The molecule has 0 radical (unpaired) electrons. The van der Waals surface area contributed by atoms with E-state index in [2.05, 4.69) is 59.4 Å². The van der Waals surface area contributed by atoms with E-state index in [4.69, 9.17) is 9.47 Å². The number of unbranched alkanes of at least 4 members (excludes halogenated alkanes) is 2.